The van der Waals surface area contributed by atoms with Crippen molar-refractivity contribution in [3.8, 4) is 0 Å². The van der Waals surface area contributed by atoms with Gasteiger partial charge in [0, 0.05) is 24.2 Å². The lowest BCUT2D eigenvalue weighted by molar-refractivity contribution is -0.0444. The topological polar surface area (TPSA) is 56.6 Å². The average Bonchev–Trinajstić information content (AvgIpc) is 2.66. The third kappa shape index (κ3) is 2.55. The van der Waals surface area contributed by atoms with E-state index >= 15 is 0 Å². The number of aromatic nitrogens is 1. The Morgan fingerprint density at radius 2 is 2.25 bits per heavy atom. The zero-order valence-electron chi connectivity index (χ0n) is 13.8. The monoisotopic (exact) mass is 324 g/mol. The maximum atomic E-state index is 11.1. The largest absolute Gasteiger partial charge is 0.392 e. The molecule has 4 nitrogen and oxygen atoms in total. The van der Waals surface area contributed by atoms with Gasteiger partial charge in [0.15, 0.2) is 0 Å². The summed E-state index contributed by atoms with van der Waals surface area (Å²) < 4.78 is 0. The molecule has 3 fully saturated rings. The normalized spacial score (nSPS) is 30.4. The van der Waals surface area contributed by atoms with Gasteiger partial charge in [0.2, 0.25) is 0 Å². The molecule has 126 valence electrons. The highest BCUT2D eigenvalue weighted by molar-refractivity contribution is 5.83. The van der Waals surface area contributed by atoms with E-state index in [0.29, 0.717) is 11.8 Å². The number of piperidine rings is 3. The average molecular weight is 324 g/mol. The van der Waals surface area contributed by atoms with E-state index < -0.39 is 6.10 Å². The van der Waals surface area contributed by atoms with E-state index in [2.05, 4.69) is 22.5 Å². The second kappa shape index (κ2) is 6.28. The van der Waals surface area contributed by atoms with Crippen LogP contribution in [0, 0.1) is 11.8 Å². The summed E-state index contributed by atoms with van der Waals surface area (Å²) in [7, 11) is 0. The first kappa shape index (κ1) is 15.8. The first-order chi connectivity index (χ1) is 11.7. The van der Waals surface area contributed by atoms with Crippen molar-refractivity contribution in [3.63, 3.8) is 0 Å². The van der Waals surface area contributed by atoms with Gasteiger partial charge in [0.05, 0.1) is 18.2 Å². The molecule has 3 saturated heterocycles. The number of benzene rings is 1. The van der Waals surface area contributed by atoms with E-state index in [9.17, 15) is 10.2 Å². The van der Waals surface area contributed by atoms with Crippen LogP contribution in [0.5, 0.6) is 0 Å². The molecule has 5 atom stereocenters. The zero-order valence-corrected chi connectivity index (χ0v) is 13.8. The summed E-state index contributed by atoms with van der Waals surface area (Å²) in [6, 6.07) is 7.82. The Balaban J connectivity index is 1.69. The standard InChI is InChI=1S/C20H24N2O2/c1-2-14-11-22-8-6-15(14)10-19(22)20(24)16-5-7-21-18-4-3-13(12-23)9-17(16)18/h2-5,7,9,14-15,19-20,23-24H,1,6,8,10-12H2/t14-,15?,19+,20-/m0/s1. The summed E-state index contributed by atoms with van der Waals surface area (Å²) in [5.41, 5.74) is 2.63. The summed E-state index contributed by atoms with van der Waals surface area (Å²) in [4.78, 5) is 6.81. The van der Waals surface area contributed by atoms with Crippen LogP contribution in [0.4, 0.5) is 0 Å². The van der Waals surface area contributed by atoms with Crippen LogP contribution < -0.4 is 0 Å². The number of nitrogens with zero attached hydrogens (tertiary/aromatic N) is 2. The molecular weight excluding hydrogens is 300 g/mol. The minimum absolute atomic E-state index is 0.000980. The smallest absolute Gasteiger partial charge is 0.0952 e. The Labute approximate surface area is 142 Å². The van der Waals surface area contributed by atoms with Crippen LogP contribution in [0.3, 0.4) is 0 Å². The fourth-order valence-electron chi connectivity index (χ4n) is 4.48. The predicted molar refractivity (Wildman–Crippen MR) is 94.4 cm³/mol. The highest BCUT2D eigenvalue weighted by atomic mass is 16.3. The number of rotatable bonds is 4. The molecule has 5 rings (SSSR count). The number of fused-ring (bicyclic) bond motifs is 4. The SMILES string of the molecule is C=C[C@H]1CN2CCC1C[C@@H]2[C@@H](O)c1ccnc2ccc(CO)cc12. The van der Waals surface area contributed by atoms with Crippen LogP contribution in [-0.2, 0) is 6.61 Å². The van der Waals surface area contributed by atoms with E-state index in [0.717, 1.165) is 41.5 Å². The van der Waals surface area contributed by atoms with E-state index in [1.807, 2.05) is 24.3 Å². The van der Waals surface area contributed by atoms with Gasteiger partial charge < -0.3 is 10.2 Å². The fraction of sp³-hybridized carbons (Fsp3) is 0.450. The lowest BCUT2D eigenvalue weighted by atomic mass is 9.73. The Hall–Kier alpha value is -1.75. The van der Waals surface area contributed by atoms with E-state index in [1.165, 1.54) is 6.42 Å². The van der Waals surface area contributed by atoms with Crippen LogP contribution in [0.2, 0.25) is 0 Å². The Morgan fingerprint density at radius 1 is 1.38 bits per heavy atom. The summed E-state index contributed by atoms with van der Waals surface area (Å²) >= 11 is 0. The summed E-state index contributed by atoms with van der Waals surface area (Å²) in [5.74, 6) is 1.19. The van der Waals surface area contributed by atoms with Crippen LogP contribution in [0.1, 0.15) is 30.1 Å². The van der Waals surface area contributed by atoms with Gasteiger partial charge in [0.25, 0.3) is 0 Å². The Kier molecular flexibility index (Phi) is 4.12. The van der Waals surface area contributed by atoms with E-state index in [4.69, 9.17) is 0 Å². The quantitative estimate of drug-likeness (QED) is 0.849. The van der Waals surface area contributed by atoms with Gasteiger partial charge in [-0.1, -0.05) is 12.1 Å². The fourth-order valence-corrected chi connectivity index (χ4v) is 4.48. The molecular formula is C20H24N2O2. The number of hydrogen-bond acceptors (Lipinski definition) is 4. The molecule has 0 amide bonds. The molecule has 2 bridgehead atoms. The minimum atomic E-state index is -0.530. The molecule has 24 heavy (non-hydrogen) atoms. The van der Waals surface area contributed by atoms with Crippen LogP contribution >= 0.6 is 0 Å². The van der Waals surface area contributed by atoms with E-state index in [-0.39, 0.29) is 12.6 Å². The summed E-state index contributed by atoms with van der Waals surface area (Å²) in [6.45, 7) is 6.03. The molecule has 0 saturated carbocycles. The lowest BCUT2D eigenvalue weighted by Crippen LogP contribution is -2.54. The molecule has 2 aromatic rings. The number of hydrogen-bond donors (Lipinski definition) is 2. The molecule has 2 unspecified atom stereocenters. The van der Waals surface area contributed by atoms with Crippen molar-refractivity contribution in [1.82, 2.24) is 9.88 Å². The van der Waals surface area contributed by atoms with Gasteiger partial charge in [-0.15, -0.1) is 6.58 Å². The summed E-state index contributed by atoms with van der Waals surface area (Å²) in [5, 5.41) is 21.5. The zero-order chi connectivity index (χ0) is 16.7. The maximum Gasteiger partial charge on any atom is 0.0952 e. The van der Waals surface area contributed by atoms with Crippen LogP contribution in [0.15, 0.2) is 43.1 Å². The molecule has 0 spiro atoms. The van der Waals surface area contributed by atoms with Crippen LogP contribution in [0.25, 0.3) is 10.9 Å². The first-order valence-electron chi connectivity index (χ1n) is 8.74. The van der Waals surface area contributed by atoms with Gasteiger partial charge in [-0.25, -0.2) is 0 Å². The maximum absolute atomic E-state index is 11.1. The van der Waals surface area contributed by atoms with Crippen molar-refractivity contribution in [2.75, 3.05) is 13.1 Å². The van der Waals surface area contributed by atoms with Gasteiger partial charge >= 0.3 is 0 Å². The molecule has 1 aromatic carbocycles. The van der Waals surface area contributed by atoms with Gasteiger partial charge in [-0.2, -0.15) is 0 Å². The number of aliphatic hydroxyl groups excluding tert-OH is 2. The van der Waals surface area contributed by atoms with Crippen molar-refractivity contribution in [3.05, 3.63) is 54.2 Å². The molecule has 2 N–H and O–H groups in total. The van der Waals surface area contributed by atoms with Crippen molar-refractivity contribution in [2.45, 2.75) is 31.6 Å². The number of pyridine rings is 1. The number of aliphatic hydroxyl groups is 2. The Morgan fingerprint density at radius 3 is 2.96 bits per heavy atom. The molecule has 3 aliphatic heterocycles. The lowest BCUT2D eigenvalue weighted by Gasteiger charge is -2.50. The van der Waals surface area contributed by atoms with Crippen molar-refractivity contribution in [2.24, 2.45) is 11.8 Å². The van der Waals surface area contributed by atoms with Gasteiger partial charge in [-0.3, -0.25) is 9.88 Å². The van der Waals surface area contributed by atoms with Crippen LogP contribution in [-0.4, -0.2) is 39.2 Å². The Bertz CT molecular complexity index is 760. The highest BCUT2D eigenvalue weighted by Gasteiger charge is 2.42. The molecule has 4 heterocycles. The van der Waals surface area contributed by atoms with E-state index in [1.54, 1.807) is 6.20 Å². The third-order valence-corrected chi connectivity index (χ3v) is 5.86. The first-order valence-corrected chi connectivity index (χ1v) is 8.74. The minimum Gasteiger partial charge on any atom is -0.392 e. The van der Waals surface area contributed by atoms with Gasteiger partial charge in [-0.05, 0) is 60.5 Å². The third-order valence-electron chi connectivity index (χ3n) is 5.86. The predicted octanol–water partition coefficient (Wildman–Crippen LogP) is 2.66. The van der Waals surface area contributed by atoms with Crippen molar-refractivity contribution in [1.29, 1.82) is 0 Å². The molecule has 1 aromatic heterocycles. The second-order valence-electron chi connectivity index (χ2n) is 7.10. The molecule has 0 radical (unpaired) electrons. The molecule has 0 aliphatic carbocycles. The van der Waals surface area contributed by atoms with Gasteiger partial charge in [0.1, 0.15) is 0 Å². The van der Waals surface area contributed by atoms with Crippen molar-refractivity contribution < 1.29 is 10.2 Å². The van der Waals surface area contributed by atoms with Crippen molar-refractivity contribution >= 4 is 10.9 Å². The summed E-state index contributed by atoms with van der Waals surface area (Å²) in [6.07, 6.45) is 5.53. The second-order valence-corrected chi connectivity index (χ2v) is 7.10. The highest BCUT2D eigenvalue weighted by Crippen LogP contribution is 2.42. The molecule has 3 aliphatic rings. The molecule has 4 heteroatoms.